The SMILES string of the molecule is CC#CC[C@H](C)[C@@H](/C=C/[C@H]1[C@H]2c3cccc(CCCC(=O)OC)c3O[C@H]2C[C@@H]1O[Si](C)(C)C(C)(C)C)O[Si](C)(C)C(C)(C)C. The molecule has 0 amide bonds. The first-order valence-corrected chi connectivity index (χ1v) is 22.4. The number of esters is 1. The minimum atomic E-state index is -2.03. The molecule has 0 unspecified atom stereocenters. The van der Waals surface area contributed by atoms with Crippen LogP contribution in [0.1, 0.15) is 98.1 Å². The Morgan fingerprint density at radius 3 is 2.34 bits per heavy atom. The van der Waals surface area contributed by atoms with Crippen LogP contribution in [0.5, 0.6) is 5.75 Å². The molecule has 5 nitrogen and oxygen atoms in total. The molecule has 0 bridgehead atoms. The molecular formula is C37H60O5Si2. The van der Waals surface area contributed by atoms with Gasteiger partial charge in [-0.25, -0.2) is 0 Å². The van der Waals surface area contributed by atoms with Crippen molar-refractivity contribution in [3.05, 3.63) is 41.5 Å². The maximum absolute atomic E-state index is 11.7. The summed E-state index contributed by atoms with van der Waals surface area (Å²) in [6.07, 6.45) is 8.51. The number of hydrogen-bond acceptors (Lipinski definition) is 5. The van der Waals surface area contributed by atoms with Crippen molar-refractivity contribution in [2.24, 2.45) is 11.8 Å². The van der Waals surface area contributed by atoms with E-state index in [0.717, 1.165) is 31.4 Å². The second-order valence-electron chi connectivity index (χ2n) is 16.0. The number of aryl methyl sites for hydroxylation is 1. The molecule has 6 atom stereocenters. The van der Waals surface area contributed by atoms with Gasteiger partial charge < -0.3 is 18.3 Å². The fourth-order valence-corrected chi connectivity index (χ4v) is 8.54. The highest BCUT2D eigenvalue weighted by molar-refractivity contribution is 6.74. The Morgan fingerprint density at radius 2 is 1.75 bits per heavy atom. The third kappa shape index (κ3) is 8.48. The first-order chi connectivity index (χ1) is 20.3. The number of carbonyl (C=O) groups excluding carboxylic acids is 1. The van der Waals surface area contributed by atoms with Crippen molar-refractivity contribution in [1.29, 1.82) is 0 Å². The van der Waals surface area contributed by atoms with Gasteiger partial charge in [0.1, 0.15) is 11.9 Å². The van der Waals surface area contributed by atoms with Crippen molar-refractivity contribution in [1.82, 2.24) is 0 Å². The van der Waals surface area contributed by atoms with Crippen molar-refractivity contribution in [3.63, 3.8) is 0 Å². The highest BCUT2D eigenvalue weighted by atomic mass is 28.4. The topological polar surface area (TPSA) is 54.0 Å². The maximum atomic E-state index is 11.7. The molecule has 2 aliphatic rings. The molecule has 1 aliphatic heterocycles. The van der Waals surface area contributed by atoms with Crippen molar-refractivity contribution >= 4 is 22.6 Å². The van der Waals surface area contributed by atoms with Crippen LogP contribution in [0.25, 0.3) is 0 Å². The molecule has 1 heterocycles. The minimum Gasteiger partial charge on any atom is -0.489 e. The van der Waals surface area contributed by atoms with Crippen LogP contribution in [-0.4, -0.2) is 48.0 Å². The Labute approximate surface area is 271 Å². The van der Waals surface area contributed by atoms with Crippen molar-refractivity contribution in [2.75, 3.05) is 7.11 Å². The molecule has 246 valence electrons. The van der Waals surface area contributed by atoms with Gasteiger partial charge in [-0.15, -0.1) is 11.8 Å². The molecular weight excluding hydrogens is 581 g/mol. The molecule has 0 radical (unpaired) electrons. The zero-order chi connectivity index (χ0) is 33.1. The Kier molecular flexibility index (Phi) is 11.9. The number of fused-ring (bicyclic) bond motifs is 3. The third-order valence-corrected chi connectivity index (χ3v) is 19.7. The zero-order valence-electron chi connectivity index (χ0n) is 29.9. The van der Waals surface area contributed by atoms with Gasteiger partial charge in [-0.2, -0.15) is 0 Å². The van der Waals surface area contributed by atoms with Gasteiger partial charge in [0.15, 0.2) is 16.6 Å². The lowest BCUT2D eigenvalue weighted by molar-refractivity contribution is -0.140. The fourth-order valence-electron chi connectivity index (χ4n) is 5.83. The Bertz CT molecular complexity index is 1230. The highest BCUT2D eigenvalue weighted by Crippen LogP contribution is 2.54. The number of ether oxygens (including phenoxy) is 2. The van der Waals surface area contributed by atoms with Crippen molar-refractivity contribution in [2.45, 2.75) is 148 Å². The predicted octanol–water partition coefficient (Wildman–Crippen LogP) is 9.43. The highest BCUT2D eigenvalue weighted by Gasteiger charge is 2.52. The second kappa shape index (κ2) is 14.3. The van der Waals surface area contributed by atoms with Crippen LogP contribution in [0, 0.1) is 23.7 Å². The van der Waals surface area contributed by atoms with Gasteiger partial charge in [-0.1, -0.05) is 78.8 Å². The van der Waals surface area contributed by atoms with Crippen LogP contribution in [-0.2, 0) is 24.8 Å². The van der Waals surface area contributed by atoms with Crippen LogP contribution in [0.3, 0.4) is 0 Å². The lowest BCUT2D eigenvalue weighted by Gasteiger charge is -2.41. The monoisotopic (exact) mass is 640 g/mol. The summed E-state index contributed by atoms with van der Waals surface area (Å²) in [5.74, 6) is 7.91. The smallest absolute Gasteiger partial charge is 0.305 e. The average molecular weight is 641 g/mol. The number of methoxy groups -OCH3 is 1. The number of hydrogen-bond donors (Lipinski definition) is 0. The van der Waals surface area contributed by atoms with Gasteiger partial charge >= 0.3 is 5.97 Å². The van der Waals surface area contributed by atoms with Crippen molar-refractivity contribution in [3.8, 4) is 17.6 Å². The predicted molar refractivity (Wildman–Crippen MR) is 187 cm³/mol. The molecule has 1 saturated carbocycles. The number of rotatable bonds is 12. The Balaban J connectivity index is 2.01. The van der Waals surface area contributed by atoms with E-state index in [9.17, 15) is 4.79 Å². The van der Waals surface area contributed by atoms with Gasteiger partial charge in [0.2, 0.25) is 0 Å². The molecule has 1 aromatic rings. The molecule has 0 N–H and O–H groups in total. The van der Waals surface area contributed by atoms with Crippen LogP contribution in [0.2, 0.25) is 36.3 Å². The van der Waals surface area contributed by atoms with Gasteiger partial charge in [-0.3, -0.25) is 4.79 Å². The largest absolute Gasteiger partial charge is 0.489 e. The molecule has 7 heteroatoms. The zero-order valence-corrected chi connectivity index (χ0v) is 31.9. The number of para-hydroxylation sites is 1. The molecule has 1 aliphatic carbocycles. The van der Waals surface area contributed by atoms with Crippen LogP contribution in [0.4, 0.5) is 0 Å². The maximum Gasteiger partial charge on any atom is 0.305 e. The Hall–Kier alpha value is -1.86. The van der Waals surface area contributed by atoms with Gasteiger partial charge in [0.05, 0.1) is 19.3 Å². The van der Waals surface area contributed by atoms with Crippen LogP contribution < -0.4 is 4.74 Å². The van der Waals surface area contributed by atoms with Crippen LogP contribution in [0.15, 0.2) is 30.4 Å². The van der Waals surface area contributed by atoms with E-state index in [4.69, 9.17) is 18.3 Å². The lowest BCUT2D eigenvalue weighted by Crippen LogP contribution is -2.45. The standard InChI is InChI=1S/C37H60O5Si2/c1-14-15-18-26(2)30(41-43(10,11)36(3,4)5)24-23-28-31(42-44(12,13)37(6,7)8)25-32-34(28)29-21-16-19-27(35(29)40-32)20-17-22-33(38)39-9/h16,19,21,23-24,26,28,30-32,34H,17-18,20,22,25H2,1-13H3/b24-23+/t26-,28+,30+,31-,32-,34-/m0/s1. The van der Waals surface area contributed by atoms with E-state index in [2.05, 4.69) is 117 Å². The summed E-state index contributed by atoms with van der Waals surface area (Å²) in [5, 5.41) is 0.232. The van der Waals surface area contributed by atoms with Gasteiger partial charge in [0, 0.05) is 36.7 Å². The first kappa shape index (κ1) is 36.6. The first-order valence-electron chi connectivity index (χ1n) is 16.6. The van der Waals surface area contributed by atoms with E-state index in [-0.39, 0.29) is 52.1 Å². The lowest BCUT2D eigenvalue weighted by atomic mass is 9.86. The fraction of sp³-hybridized carbons (Fsp3) is 0.703. The van der Waals surface area contributed by atoms with E-state index in [1.807, 2.05) is 6.92 Å². The summed E-state index contributed by atoms with van der Waals surface area (Å²) in [6.45, 7) is 27.4. The van der Waals surface area contributed by atoms with Gasteiger partial charge in [0.25, 0.3) is 0 Å². The van der Waals surface area contributed by atoms with E-state index < -0.39 is 16.6 Å². The summed E-state index contributed by atoms with van der Waals surface area (Å²) in [4.78, 5) is 11.7. The van der Waals surface area contributed by atoms with E-state index >= 15 is 0 Å². The molecule has 1 fully saturated rings. The number of benzene rings is 1. The van der Waals surface area contributed by atoms with Crippen LogP contribution >= 0.6 is 0 Å². The normalized spacial score (nSPS) is 23.4. The summed E-state index contributed by atoms with van der Waals surface area (Å²) >= 11 is 0. The molecule has 44 heavy (non-hydrogen) atoms. The second-order valence-corrected chi connectivity index (χ2v) is 25.5. The summed E-state index contributed by atoms with van der Waals surface area (Å²) in [6, 6.07) is 6.53. The molecule has 3 rings (SSSR count). The summed E-state index contributed by atoms with van der Waals surface area (Å²) in [7, 11) is -2.61. The minimum absolute atomic E-state index is 0.0178. The van der Waals surface area contributed by atoms with E-state index in [1.54, 1.807) is 0 Å². The van der Waals surface area contributed by atoms with E-state index in [1.165, 1.54) is 18.2 Å². The quantitative estimate of drug-likeness (QED) is 0.0986. The average Bonchev–Trinajstić information content (AvgIpc) is 3.43. The molecule has 0 spiro atoms. The third-order valence-electron chi connectivity index (χ3n) is 10.7. The van der Waals surface area contributed by atoms with Gasteiger partial charge in [-0.05, 0) is 67.5 Å². The Morgan fingerprint density at radius 1 is 1.09 bits per heavy atom. The summed E-state index contributed by atoms with van der Waals surface area (Å²) < 4.78 is 25.9. The number of carbonyl (C=O) groups is 1. The molecule has 0 aromatic heterocycles. The van der Waals surface area contributed by atoms with E-state index in [0.29, 0.717) is 6.42 Å². The molecule has 0 saturated heterocycles. The molecule has 1 aromatic carbocycles. The van der Waals surface area contributed by atoms with Crippen molar-refractivity contribution < 1.29 is 23.1 Å². The summed E-state index contributed by atoms with van der Waals surface area (Å²) in [5.41, 5.74) is 2.45.